The summed E-state index contributed by atoms with van der Waals surface area (Å²) in [5.41, 5.74) is -4.91. The highest BCUT2D eigenvalue weighted by molar-refractivity contribution is 5.90. The molecule has 2 heterocycles. The topological polar surface area (TPSA) is 54.5 Å². The summed E-state index contributed by atoms with van der Waals surface area (Å²) in [5, 5.41) is 2.75. The van der Waals surface area contributed by atoms with Crippen molar-refractivity contribution in [1.82, 2.24) is 10.3 Å². The molecule has 0 unspecified atom stereocenters. The lowest BCUT2D eigenvalue weighted by molar-refractivity contribution is -0.143. The van der Waals surface area contributed by atoms with E-state index in [4.69, 9.17) is 4.74 Å². The van der Waals surface area contributed by atoms with E-state index in [-0.39, 0.29) is 29.4 Å². The zero-order valence-corrected chi connectivity index (χ0v) is 20.4. The van der Waals surface area contributed by atoms with Gasteiger partial charge in [0.15, 0.2) is 0 Å². The maximum absolute atomic E-state index is 13.4. The van der Waals surface area contributed by atoms with Crippen LogP contribution in [-0.4, -0.2) is 23.2 Å². The molecule has 1 aliphatic rings. The number of alkyl halides is 9. The predicted octanol–water partition coefficient (Wildman–Crippen LogP) is 7.50. The van der Waals surface area contributed by atoms with E-state index < -0.39 is 66.2 Å². The van der Waals surface area contributed by atoms with E-state index in [9.17, 15) is 44.3 Å². The van der Waals surface area contributed by atoms with Gasteiger partial charge in [0.05, 0.1) is 34.7 Å². The van der Waals surface area contributed by atoms with Crippen LogP contribution in [0.3, 0.4) is 0 Å². The molecular formula is C24H24F9N3O2. The predicted molar refractivity (Wildman–Crippen MR) is 118 cm³/mol. The zero-order chi connectivity index (χ0) is 28.6. The second-order valence-corrected chi connectivity index (χ2v) is 9.05. The van der Waals surface area contributed by atoms with Crippen LogP contribution in [0.15, 0.2) is 30.3 Å². The molecule has 210 valence electrons. The Labute approximate surface area is 212 Å². The monoisotopic (exact) mass is 557 g/mol. The Morgan fingerprint density at radius 3 is 2.05 bits per heavy atom. The van der Waals surface area contributed by atoms with Crippen molar-refractivity contribution in [2.24, 2.45) is 0 Å². The summed E-state index contributed by atoms with van der Waals surface area (Å²) in [6.45, 7) is 4.34. The number of hydrogen-bond donors (Lipinski definition) is 1. The molecule has 0 bridgehead atoms. The molecule has 0 saturated carbocycles. The molecule has 1 aliphatic heterocycles. The van der Waals surface area contributed by atoms with Crippen molar-refractivity contribution in [2.45, 2.75) is 76.9 Å². The second-order valence-electron chi connectivity index (χ2n) is 9.05. The van der Waals surface area contributed by atoms with Crippen molar-refractivity contribution in [1.29, 1.82) is 0 Å². The number of anilines is 1. The third-order valence-electron chi connectivity index (χ3n) is 5.86. The van der Waals surface area contributed by atoms with Gasteiger partial charge in [0.1, 0.15) is 5.69 Å². The molecule has 0 saturated heterocycles. The van der Waals surface area contributed by atoms with Crippen molar-refractivity contribution in [3.8, 4) is 0 Å². The first-order valence-electron chi connectivity index (χ1n) is 11.5. The smallest absolute Gasteiger partial charge is 0.433 e. The summed E-state index contributed by atoms with van der Waals surface area (Å²) < 4.78 is 125. The molecule has 2 atom stereocenters. The van der Waals surface area contributed by atoms with E-state index in [1.54, 1.807) is 20.8 Å². The minimum atomic E-state index is -5.05. The number of ether oxygens (including phenoxy) is 1. The van der Waals surface area contributed by atoms with Gasteiger partial charge in [0, 0.05) is 12.6 Å². The van der Waals surface area contributed by atoms with Gasteiger partial charge in [-0.1, -0.05) is 6.92 Å². The van der Waals surface area contributed by atoms with Crippen LogP contribution in [0, 0.1) is 0 Å². The van der Waals surface area contributed by atoms with Crippen molar-refractivity contribution >= 4 is 11.8 Å². The molecule has 3 rings (SSSR count). The molecule has 1 aromatic carbocycles. The van der Waals surface area contributed by atoms with Crippen LogP contribution in [0.1, 0.15) is 67.7 Å². The van der Waals surface area contributed by atoms with Gasteiger partial charge < -0.3 is 10.1 Å². The number of nitrogens with one attached hydrogen (secondary N) is 1. The highest BCUT2D eigenvalue weighted by atomic mass is 19.4. The third-order valence-corrected chi connectivity index (χ3v) is 5.86. The molecule has 38 heavy (non-hydrogen) atoms. The van der Waals surface area contributed by atoms with Gasteiger partial charge in [-0.25, -0.2) is 9.78 Å². The summed E-state index contributed by atoms with van der Waals surface area (Å²) in [5.74, 6) is 0. The first-order valence-corrected chi connectivity index (χ1v) is 11.5. The van der Waals surface area contributed by atoms with Crippen LogP contribution in [0.2, 0.25) is 0 Å². The molecular weight excluding hydrogens is 533 g/mol. The largest absolute Gasteiger partial charge is 0.446 e. The number of benzene rings is 1. The van der Waals surface area contributed by atoms with Gasteiger partial charge in [-0.15, -0.1) is 0 Å². The third kappa shape index (κ3) is 6.69. The van der Waals surface area contributed by atoms with E-state index in [0.29, 0.717) is 24.6 Å². The first-order chi connectivity index (χ1) is 17.4. The number of rotatable bonds is 5. The van der Waals surface area contributed by atoms with Gasteiger partial charge in [-0.05, 0) is 62.6 Å². The Balaban J connectivity index is 2.03. The zero-order valence-electron chi connectivity index (χ0n) is 20.4. The fourth-order valence-electron chi connectivity index (χ4n) is 4.17. The van der Waals surface area contributed by atoms with Crippen LogP contribution in [-0.2, 0) is 29.8 Å². The molecule has 0 aliphatic carbocycles. The highest BCUT2D eigenvalue weighted by Gasteiger charge is 2.41. The fourth-order valence-corrected chi connectivity index (χ4v) is 4.17. The van der Waals surface area contributed by atoms with E-state index in [1.807, 2.05) is 0 Å². The van der Waals surface area contributed by atoms with E-state index >= 15 is 0 Å². The Morgan fingerprint density at radius 1 is 1.00 bits per heavy atom. The first kappa shape index (κ1) is 29.5. The Hall–Kier alpha value is -3.03. The average molecular weight is 557 g/mol. The van der Waals surface area contributed by atoms with Crippen LogP contribution < -0.4 is 10.2 Å². The minimum absolute atomic E-state index is 0.000673. The van der Waals surface area contributed by atoms with Gasteiger partial charge in [0.25, 0.3) is 0 Å². The van der Waals surface area contributed by atoms with Crippen LogP contribution in [0.5, 0.6) is 0 Å². The van der Waals surface area contributed by atoms with Gasteiger partial charge in [-0.2, -0.15) is 39.5 Å². The number of aromatic nitrogens is 1. The summed E-state index contributed by atoms with van der Waals surface area (Å²) in [7, 11) is 0. The summed E-state index contributed by atoms with van der Waals surface area (Å²) >= 11 is 0. The van der Waals surface area contributed by atoms with E-state index in [1.165, 1.54) is 4.90 Å². The number of carbonyl (C=O) groups is 1. The molecule has 1 N–H and O–H groups in total. The van der Waals surface area contributed by atoms with Gasteiger partial charge in [-0.3, -0.25) is 4.90 Å². The quantitative estimate of drug-likeness (QED) is 0.387. The standard InChI is InChI=1S/C24H24F9N3O2/c1-4-16-10-17(34-11-13-7-14(22(25,26)27)9-15(8-13)23(28,29)30)20-18(36(16)21(37)38-12(2)3)5-6-19(35-20)24(31,32)33/h5-9,12,16-17,34H,4,10-11H2,1-3H3/t16-,17+/m0/s1. The van der Waals surface area contributed by atoms with Gasteiger partial charge >= 0.3 is 24.6 Å². The molecule has 2 aromatic rings. The Morgan fingerprint density at radius 2 is 1.58 bits per heavy atom. The lowest BCUT2D eigenvalue weighted by atomic mass is 9.93. The van der Waals surface area contributed by atoms with Crippen LogP contribution >= 0.6 is 0 Å². The second kappa shape index (κ2) is 10.6. The molecule has 0 spiro atoms. The Bertz CT molecular complexity index is 1130. The number of pyridine rings is 1. The summed E-state index contributed by atoms with van der Waals surface area (Å²) in [4.78, 5) is 17.6. The normalized spacial score (nSPS) is 18.5. The SMILES string of the molecule is CC[C@H]1C[C@@H](NCc2cc(C(F)(F)F)cc(C(F)(F)F)c2)c2nc(C(F)(F)F)ccc2N1C(=O)OC(C)C. The van der Waals surface area contributed by atoms with Crippen molar-refractivity contribution in [3.63, 3.8) is 0 Å². The molecule has 0 radical (unpaired) electrons. The molecule has 5 nitrogen and oxygen atoms in total. The van der Waals surface area contributed by atoms with Crippen molar-refractivity contribution in [3.05, 3.63) is 58.4 Å². The van der Waals surface area contributed by atoms with Gasteiger partial charge in [0.2, 0.25) is 0 Å². The molecule has 1 amide bonds. The van der Waals surface area contributed by atoms with Crippen LogP contribution in [0.4, 0.5) is 50.0 Å². The lowest BCUT2D eigenvalue weighted by Crippen LogP contribution is -2.48. The number of amides is 1. The molecule has 0 fully saturated rings. The maximum Gasteiger partial charge on any atom is 0.433 e. The average Bonchev–Trinajstić information content (AvgIpc) is 2.79. The molecule has 14 heteroatoms. The fraction of sp³-hybridized carbons (Fsp3) is 0.500. The molecule has 1 aromatic heterocycles. The number of halogens is 9. The minimum Gasteiger partial charge on any atom is -0.446 e. The number of nitrogens with zero attached hydrogens (tertiary/aromatic N) is 2. The number of carbonyl (C=O) groups excluding carboxylic acids is 1. The highest BCUT2D eigenvalue weighted by Crippen LogP contribution is 2.41. The lowest BCUT2D eigenvalue weighted by Gasteiger charge is -2.40. The summed E-state index contributed by atoms with van der Waals surface area (Å²) in [6.07, 6.45) is -16.0. The Kier molecular flexibility index (Phi) is 8.25. The van der Waals surface area contributed by atoms with Crippen molar-refractivity contribution < 1.29 is 49.0 Å². The van der Waals surface area contributed by atoms with Crippen LogP contribution in [0.25, 0.3) is 0 Å². The number of hydrogen-bond acceptors (Lipinski definition) is 4. The van der Waals surface area contributed by atoms with Crippen molar-refractivity contribution in [2.75, 3.05) is 4.90 Å². The summed E-state index contributed by atoms with van der Waals surface area (Å²) in [6, 6.07) is 1.18. The van der Waals surface area contributed by atoms with E-state index in [2.05, 4.69) is 10.3 Å². The maximum atomic E-state index is 13.4. The van der Waals surface area contributed by atoms with E-state index in [0.717, 1.165) is 6.07 Å². The number of fused-ring (bicyclic) bond motifs is 1.